The van der Waals surface area contributed by atoms with Gasteiger partial charge in [-0.25, -0.2) is 0 Å². The fourth-order valence-corrected chi connectivity index (χ4v) is 2.05. The van der Waals surface area contributed by atoms with Gasteiger partial charge in [-0.15, -0.1) is 0 Å². The van der Waals surface area contributed by atoms with Gasteiger partial charge in [-0.2, -0.15) is 0 Å². The molecule has 3 heteroatoms. The quantitative estimate of drug-likeness (QED) is 0.810. The molecular formula is C14H14N2O. The van der Waals surface area contributed by atoms with Crippen LogP contribution in [0.25, 0.3) is 0 Å². The summed E-state index contributed by atoms with van der Waals surface area (Å²) in [7, 11) is 0. The largest absolute Gasteiger partial charge is 0.491 e. The van der Waals surface area contributed by atoms with Gasteiger partial charge in [-0.3, -0.25) is 4.98 Å². The number of rotatable bonds is 1. The SMILES string of the molecule is c1cncc(C2COc3ccccc3CN2)c1. The third-order valence-corrected chi connectivity index (χ3v) is 3.00. The Kier molecular flexibility index (Phi) is 2.76. The lowest BCUT2D eigenvalue weighted by Gasteiger charge is -2.14. The van der Waals surface area contributed by atoms with E-state index in [1.54, 1.807) is 6.20 Å². The number of nitrogens with zero attached hydrogens (tertiary/aromatic N) is 1. The van der Waals surface area contributed by atoms with Crippen molar-refractivity contribution in [3.8, 4) is 5.75 Å². The number of nitrogens with one attached hydrogen (secondary N) is 1. The normalized spacial score (nSPS) is 18.9. The van der Waals surface area contributed by atoms with Crippen molar-refractivity contribution in [2.24, 2.45) is 0 Å². The standard InChI is InChI=1S/C14H14N2O/c1-2-6-14-12(4-1)9-16-13(10-17-14)11-5-3-7-15-8-11/h1-8,13,16H,9-10H2. The molecule has 0 fully saturated rings. The first-order valence-electron chi connectivity index (χ1n) is 5.77. The van der Waals surface area contributed by atoms with Crippen LogP contribution in [-0.4, -0.2) is 11.6 Å². The van der Waals surface area contributed by atoms with Crippen LogP contribution in [0.15, 0.2) is 48.8 Å². The molecule has 0 amide bonds. The molecule has 3 rings (SSSR count). The van der Waals surface area contributed by atoms with Crippen molar-refractivity contribution in [2.45, 2.75) is 12.6 Å². The highest BCUT2D eigenvalue weighted by Gasteiger charge is 2.17. The van der Waals surface area contributed by atoms with Crippen LogP contribution in [0.4, 0.5) is 0 Å². The lowest BCUT2D eigenvalue weighted by Crippen LogP contribution is -2.23. The Morgan fingerprint density at radius 3 is 3.00 bits per heavy atom. The van der Waals surface area contributed by atoms with Crippen molar-refractivity contribution in [2.75, 3.05) is 6.61 Å². The predicted octanol–water partition coefficient (Wildman–Crippen LogP) is 2.30. The van der Waals surface area contributed by atoms with Crippen LogP contribution in [0, 0.1) is 0 Å². The van der Waals surface area contributed by atoms with Gasteiger partial charge >= 0.3 is 0 Å². The zero-order chi connectivity index (χ0) is 11.5. The van der Waals surface area contributed by atoms with Gasteiger partial charge in [0.25, 0.3) is 0 Å². The highest BCUT2D eigenvalue weighted by Crippen LogP contribution is 2.24. The van der Waals surface area contributed by atoms with Crippen LogP contribution in [0.2, 0.25) is 0 Å². The summed E-state index contributed by atoms with van der Waals surface area (Å²) in [6.07, 6.45) is 3.67. The van der Waals surface area contributed by atoms with Gasteiger partial charge in [0.1, 0.15) is 12.4 Å². The first-order chi connectivity index (χ1) is 8.43. The molecule has 0 radical (unpaired) electrons. The molecule has 17 heavy (non-hydrogen) atoms. The Bertz CT molecular complexity index is 472. The number of benzene rings is 1. The summed E-state index contributed by atoms with van der Waals surface area (Å²) >= 11 is 0. The molecule has 1 unspecified atom stereocenters. The second kappa shape index (κ2) is 4.55. The summed E-state index contributed by atoms with van der Waals surface area (Å²) in [5, 5.41) is 3.49. The van der Waals surface area contributed by atoms with Gasteiger partial charge in [-0.05, 0) is 17.7 Å². The van der Waals surface area contributed by atoms with Gasteiger partial charge in [0.2, 0.25) is 0 Å². The molecule has 2 aromatic rings. The molecule has 0 spiro atoms. The third kappa shape index (κ3) is 2.15. The van der Waals surface area contributed by atoms with Crippen LogP contribution < -0.4 is 10.1 Å². The van der Waals surface area contributed by atoms with Crippen molar-refractivity contribution in [1.29, 1.82) is 0 Å². The molecule has 1 aromatic carbocycles. The maximum atomic E-state index is 5.83. The summed E-state index contributed by atoms with van der Waals surface area (Å²) in [6.45, 7) is 1.47. The first-order valence-corrected chi connectivity index (χ1v) is 5.77. The number of para-hydroxylation sites is 1. The second-order valence-corrected chi connectivity index (χ2v) is 4.14. The van der Waals surface area contributed by atoms with E-state index in [1.165, 1.54) is 11.1 Å². The molecule has 3 nitrogen and oxygen atoms in total. The summed E-state index contributed by atoms with van der Waals surface area (Å²) in [6, 6.07) is 12.4. The third-order valence-electron chi connectivity index (χ3n) is 3.00. The minimum atomic E-state index is 0.205. The van der Waals surface area contributed by atoms with E-state index in [9.17, 15) is 0 Å². The monoisotopic (exact) mass is 226 g/mol. The fraction of sp³-hybridized carbons (Fsp3) is 0.214. The molecular weight excluding hydrogens is 212 g/mol. The minimum Gasteiger partial charge on any atom is -0.491 e. The molecule has 0 aliphatic carbocycles. The van der Waals surface area contributed by atoms with E-state index in [1.807, 2.05) is 30.5 Å². The topological polar surface area (TPSA) is 34.1 Å². The Morgan fingerprint density at radius 1 is 1.18 bits per heavy atom. The van der Waals surface area contributed by atoms with Crippen molar-refractivity contribution in [3.05, 3.63) is 59.9 Å². The van der Waals surface area contributed by atoms with E-state index >= 15 is 0 Å². The number of aromatic nitrogens is 1. The number of hydrogen-bond donors (Lipinski definition) is 1. The van der Waals surface area contributed by atoms with Crippen molar-refractivity contribution in [1.82, 2.24) is 10.3 Å². The van der Waals surface area contributed by atoms with Crippen LogP contribution in [0.1, 0.15) is 17.2 Å². The Labute approximate surface area is 100 Å². The molecule has 1 aliphatic heterocycles. The Balaban J connectivity index is 1.82. The van der Waals surface area contributed by atoms with Crippen molar-refractivity contribution < 1.29 is 4.74 Å². The van der Waals surface area contributed by atoms with Crippen molar-refractivity contribution >= 4 is 0 Å². The summed E-state index contributed by atoms with van der Waals surface area (Å²) in [5.41, 5.74) is 2.37. The highest BCUT2D eigenvalue weighted by molar-refractivity contribution is 5.34. The molecule has 86 valence electrons. The van der Waals surface area contributed by atoms with E-state index in [0.29, 0.717) is 6.61 Å². The zero-order valence-electron chi connectivity index (χ0n) is 9.47. The molecule has 0 saturated carbocycles. The van der Waals surface area contributed by atoms with E-state index in [0.717, 1.165) is 12.3 Å². The lowest BCUT2D eigenvalue weighted by molar-refractivity contribution is 0.280. The Hall–Kier alpha value is -1.87. The summed E-state index contributed by atoms with van der Waals surface area (Å²) in [4.78, 5) is 4.14. The average Bonchev–Trinajstić information content (AvgIpc) is 2.62. The van der Waals surface area contributed by atoms with Gasteiger partial charge in [0, 0.05) is 24.5 Å². The van der Waals surface area contributed by atoms with E-state index in [4.69, 9.17) is 4.74 Å². The molecule has 1 aromatic heterocycles. The van der Waals surface area contributed by atoms with Gasteiger partial charge < -0.3 is 10.1 Å². The zero-order valence-corrected chi connectivity index (χ0v) is 9.47. The minimum absolute atomic E-state index is 0.205. The van der Waals surface area contributed by atoms with Crippen LogP contribution in [-0.2, 0) is 6.54 Å². The molecule has 0 bridgehead atoms. The maximum absolute atomic E-state index is 5.83. The molecule has 1 aliphatic rings. The van der Waals surface area contributed by atoms with Crippen LogP contribution in [0.3, 0.4) is 0 Å². The predicted molar refractivity (Wildman–Crippen MR) is 65.8 cm³/mol. The van der Waals surface area contributed by atoms with Gasteiger partial charge in [0.05, 0.1) is 6.04 Å². The van der Waals surface area contributed by atoms with E-state index in [-0.39, 0.29) is 6.04 Å². The first kappa shape index (κ1) is 10.3. The number of hydrogen-bond acceptors (Lipinski definition) is 3. The molecule has 2 heterocycles. The number of fused-ring (bicyclic) bond motifs is 1. The fourth-order valence-electron chi connectivity index (χ4n) is 2.05. The Morgan fingerprint density at radius 2 is 2.12 bits per heavy atom. The average molecular weight is 226 g/mol. The van der Waals surface area contributed by atoms with E-state index < -0.39 is 0 Å². The summed E-state index contributed by atoms with van der Waals surface area (Å²) < 4.78 is 5.83. The van der Waals surface area contributed by atoms with Crippen LogP contribution in [0.5, 0.6) is 5.75 Å². The molecule has 1 atom stereocenters. The summed E-state index contributed by atoms with van der Waals surface area (Å²) in [5.74, 6) is 0.978. The maximum Gasteiger partial charge on any atom is 0.123 e. The number of ether oxygens (including phenoxy) is 1. The van der Waals surface area contributed by atoms with Gasteiger partial charge in [0.15, 0.2) is 0 Å². The van der Waals surface area contributed by atoms with Crippen molar-refractivity contribution in [3.63, 3.8) is 0 Å². The second-order valence-electron chi connectivity index (χ2n) is 4.14. The molecule has 0 saturated heterocycles. The van der Waals surface area contributed by atoms with E-state index in [2.05, 4.69) is 22.4 Å². The number of pyridine rings is 1. The molecule has 1 N–H and O–H groups in total. The highest BCUT2D eigenvalue weighted by atomic mass is 16.5. The smallest absolute Gasteiger partial charge is 0.123 e. The van der Waals surface area contributed by atoms with Gasteiger partial charge in [-0.1, -0.05) is 24.3 Å². The lowest BCUT2D eigenvalue weighted by atomic mass is 10.1. The van der Waals surface area contributed by atoms with Crippen LogP contribution >= 0.6 is 0 Å².